The molecule has 4 heteroatoms. The number of hydrogen-bond acceptors (Lipinski definition) is 4. The van der Waals surface area contributed by atoms with Gasteiger partial charge in [-0.15, -0.1) is 0 Å². The second kappa shape index (κ2) is 7.62. The zero-order valence-corrected chi connectivity index (χ0v) is 13.4. The van der Waals surface area contributed by atoms with Crippen molar-refractivity contribution in [2.24, 2.45) is 5.84 Å². The summed E-state index contributed by atoms with van der Waals surface area (Å²) in [4.78, 5) is 2.27. The number of rotatable bonds is 8. The van der Waals surface area contributed by atoms with Crippen LogP contribution in [0.5, 0.6) is 5.75 Å². The highest BCUT2D eigenvalue weighted by Gasteiger charge is 2.38. The minimum Gasteiger partial charge on any atom is -0.494 e. The molecule has 0 fully saturated rings. The Kier molecular flexibility index (Phi) is 6.46. The number of likely N-dealkylation sites (N-methyl/N-ethyl adjacent to an activating group) is 1. The first-order valence-electron chi connectivity index (χ1n) is 7.42. The molecule has 1 aromatic rings. The first-order chi connectivity index (χ1) is 9.55. The minimum atomic E-state index is 0.00187. The first kappa shape index (κ1) is 17.0. The van der Waals surface area contributed by atoms with E-state index in [4.69, 9.17) is 10.6 Å². The second-order valence-corrected chi connectivity index (χ2v) is 5.31. The van der Waals surface area contributed by atoms with Crippen molar-refractivity contribution in [2.75, 3.05) is 20.7 Å². The molecule has 0 aliphatic heterocycles. The fraction of sp³-hybridized carbons (Fsp3) is 0.625. The van der Waals surface area contributed by atoms with Crippen LogP contribution in [0.1, 0.15) is 45.2 Å². The number of nitrogens with zero attached hydrogens (tertiary/aromatic N) is 1. The highest BCUT2D eigenvalue weighted by Crippen LogP contribution is 2.35. The molecule has 0 saturated carbocycles. The number of benzene rings is 1. The van der Waals surface area contributed by atoms with Gasteiger partial charge in [0.05, 0.1) is 12.6 Å². The molecule has 0 spiro atoms. The van der Waals surface area contributed by atoms with Crippen LogP contribution in [0.25, 0.3) is 0 Å². The van der Waals surface area contributed by atoms with E-state index in [2.05, 4.69) is 50.4 Å². The molecule has 114 valence electrons. The van der Waals surface area contributed by atoms with Gasteiger partial charge < -0.3 is 9.64 Å². The fourth-order valence-corrected chi connectivity index (χ4v) is 3.03. The Bertz CT molecular complexity index is 385. The van der Waals surface area contributed by atoms with Gasteiger partial charge in [0.2, 0.25) is 0 Å². The lowest BCUT2D eigenvalue weighted by atomic mass is 9.80. The van der Waals surface area contributed by atoms with Crippen molar-refractivity contribution >= 4 is 0 Å². The van der Waals surface area contributed by atoms with Crippen LogP contribution >= 0.6 is 0 Å². The monoisotopic (exact) mass is 279 g/mol. The highest BCUT2D eigenvalue weighted by molar-refractivity contribution is 5.31. The lowest BCUT2D eigenvalue weighted by molar-refractivity contribution is 0.0882. The van der Waals surface area contributed by atoms with Crippen LogP contribution in [0.15, 0.2) is 24.3 Å². The molecule has 20 heavy (non-hydrogen) atoms. The third-order valence-electron chi connectivity index (χ3n) is 4.34. The molecule has 0 radical (unpaired) electrons. The molecule has 1 unspecified atom stereocenters. The van der Waals surface area contributed by atoms with Crippen LogP contribution in [-0.4, -0.2) is 31.1 Å². The summed E-state index contributed by atoms with van der Waals surface area (Å²) in [6, 6.07) is 8.30. The van der Waals surface area contributed by atoms with Crippen LogP contribution in [0.3, 0.4) is 0 Å². The van der Waals surface area contributed by atoms with Gasteiger partial charge >= 0.3 is 0 Å². The summed E-state index contributed by atoms with van der Waals surface area (Å²) < 4.78 is 5.50. The second-order valence-electron chi connectivity index (χ2n) is 5.31. The molecule has 0 bridgehead atoms. The molecule has 3 N–H and O–H groups in total. The number of ether oxygens (including phenoxy) is 1. The largest absolute Gasteiger partial charge is 0.494 e. The normalized spacial score (nSPS) is 13.6. The molecule has 0 amide bonds. The molecular formula is C16H29N3O. The smallest absolute Gasteiger partial charge is 0.119 e. The summed E-state index contributed by atoms with van der Waals surface area (Å²) in [5.74, 6) is 6.77. The highest BCUT2D eigenvalue weighted by atomic mass is 16.5. The summed E-state index contributed by atoms with van der Waals surface area (Å²) in [7, 11) is 4.23. The number of nitrogens with two attached hydrogens (primary N) is 1. The van der Waals surface area contributed by atoms with Crippen molar-refractivity contribution in [3.8, 4) is 5.75 Å². The van der Waals surface area contributed by atoms with E-state index in [1.807, 2.05) is 19.1 Å². The Morgan fingerprint density at radius 2 is 1.70 bits per heavy atom. The molecule has 4 nitrogen and oxygen atoms in total. The number of hydrazine groups is 1. The molecule has 1 atom stereocenters. The van der Waals surface area contributed by atoms with Crippen LogP contribution in [0.2, 0.25) is 0 Å². The Hall–Kier alpha value is -1.10. The van der Waals surface area contributed by atoms with E-state index in [9.17, 15) is 0 Å². The molecule has 0 aliphatic carbocycles. The molecule has 1 rings (SSSR count). The van der Waals surface area contributed by atoms with E-state index in [1.165, 1.54) is 5.56 Å². The average molecular weight is 279 g/mol. The maximum atomic E-state index is 5.87. The van der Waals surface area contributed by atoms with E-state index in [1.54, 1.807) is 0 Å². The molecule has 0 saturated heterocycles. The van der Waals surface area contributed by atoms with Crippen molar-refractivity contribution in [2.45, 2.75) is 45.2 Å². The van der Waals surface area contributed by atoms with Crippen molar-refractivity contribution in [3.63, 3.8) is 0 Å². The van der Waals surface area contributed by atoms with Crippen molar-refractivity contribution < 1.29 is 4.74 Å². The van der Waals surface area contributed by atoms with Gasteiger partial charge in [0.15, 0.2) is 0 Å². The number of hydrogen-bond donors (Lipinski definition) is 2. The third kappa shape index (κ3) is 3.32. The first-order valence-corrected chi connectivity index (χ1v) is 7.42. The Morgan fingerprint density at radius 3 is 2.05 bits per heavy atom. The third-order valence-corrected chi connectivity index (χ3v) is 4.34. The predicted molar refractivity (Wildman–Crippen MR) is 84.7 cm³/mol. The lowest BCUT2D eigenvalue weighted by Gasteiger charge is -2.45. The Balaban J connectivity index is 3.10. The van der Waals surface area contributed by atoms with E-state index in [0.717, 1.165) is 18.6 Å². The average Bonchev–Trinajstić information content (AvgIpc) is 2.46. The fourth-order valence-electron chi connectivity index (χ4n) is 3.03. The van der Waals surface area contributed by atoms with Gasteiger partial charge in [0, 0.05) is 5.54 Å². The maximum absolute atomic E-state index is 5.87. The van der Waals surface area contributed by atoms with Gasteiger partial charge in [-0.2, -0.15) is 0 Å². The van der Waals surface area contributed by atoms with Crippen LogP contribution in [0.4, 0.5) is 0 Å². The lowest BCUT2D eigenvalue weighted by Crippen LogP contribution is -2.54. The zero-order valence-electron chi connectivity index (χ0n) is 13.4. The Morgan fingerprint density at radius 1 is 1.15 bits per heavy atom. The number of nitrogens with one attached hydrogen (secondary N) is 1. The maximum Gasteiger partial charge on any atom is 0.119 e. The summed E-state index contributed by atoms with van der Waals surface area (Å²) in [5.41, 5.74) is 4.20. The van der Waals surface area contributed by atoms with E-state index in [0.29, 0.717) is 6.61 Å². The summed E-state index contributed by atoms with van der Waals surface area (Å²) in [6.45, 7) is 7.09. The topological polar surface area (TPSA) is 50.5 Å². The SMILES string of the molecule is CCOc1ccc(C(NN)C(CC)(CC)N(C)C)cc1. The summed E-state index contributed by atoms with van der Waals surface area (Å²) in [6.07, 6.45) is 2.05. The molecule has 1 aromatic carbocycles. The van der Waals surface area contributed by atoms with Crippen LogP contribution < -0.4 is 16.0 Å². The van der Waals surface area contributed by atoms with E-state index >= 15 is 0 Å². The molecule has 0 aliphatic rings. The van der Waals surface area contributed by atoms with E-state index in [-0.39, 0.29) is 11.6 Å². The van der Waals surface area contributed by atoms with Crippen LogP contribution in [0, 0.1) is 0 Å². The quantitative estimate of drug-likeness (QED) is 0.567. The van der Waals surface area contributed by atoms with Gasteiger partial charge in [-0.25, -0.2) is 0 Å². The molecule has 0 heterocycles. The van der Waals surface area contributed by atoms with Crippen LogP contribution in [-0.2, 0) is 0 Å². The van der Waals surface area contributed by atoms with Crippen molar-refractivity contribution in [1.82, 2.24) is 10.3 Å². The van der Waals surface area contributed by atoms with Crippen molar-refractivity contribution in [3.05, 3.63) is 29.8 Å². The minimum absolute atomic E-state index is 0.00187. The molecular weight excluding hydrogens is 250 g/mol. The Labute approximate surface area is 123 Å². The van der Waals surface area contributed by atoms with Gasteiger partial charge in [-0.1, -0.05) is 26.0 Å². The van der Waals surface area contributed by atoms with Gasteiger partial charge in [-0.05, 0) is 51.6 Å². The summed E-state index contributed by atoms with van der Waals surface area (Å²) in [5, 5.41) is 0. The van der Waals surface area contributed by atoms with E-state index < -0.39 is 0 Å². The van der Waals surface area contributed by atoms with Gasteiger partial charge in [0.1, 0.15) is 5.75 Å². The van der Waals surface area contributed by atoms with Gasteiger partial charge in [0.25, 0.3) is 0 Å². The van der Waals surface area contributed by atoms with Crippen molar-refractivity contribution in [1.29, 1.82) is 0 Å². The predicted octanol–water partition coefficient (Wildman–Crippen LogP) is 2.71. The summed E-state index contributed by atoms with van der Waals surface area (Å²) >= 11 is 0. The van der Waals surface area contributed by atoms with Gasteiger partial charge in [-0.3, -0.25) is 11.3 Å². The molecule has 0 aromatic heterocycles. The standard InChI is InChI=1S/C16H29N3O/c1-6-16(7-2,19(4)5)15(18-17)13-9-11-14(12-10-13)20-8-3/h9-12,15,18H,6-8,17H2,1-5H3. The zero-order chi connectivity index (χ0) is 15.2.